The summed E-state index contributed by atoms with van der Waals surface area (Å²) in [7, 11) is 0. The van der Waals surface area contributed by atoms with Gasteiger partial charge in [0.15, 0.2) is 5.76 Å². The summed E-state index contributed by atoms with van der Waals surface area (Å²) in [6, 6.07) is 1.50. The molecule has 4 nitrogen and oxygen atoms in total. The van der Waals surface area contributed by atoms with Gasteiger partial charge in [-0.05, 0) is 5.41 Å². The van der Waals surface area contributed by atoms with Crippen molar-refractivity contribution in [3.63, 3.8) is 0 Å². The lowest BCUT2D eigenvalue weighted by Crippen LogP contribution is -2.08. The summed E-state index contributed by atoms with van der Waals surface area (Å²) in [4.78, 5) is 15.2. The third kappa shape index (κ3) is 2.98. The highest BCUT2D eigenvalue weighted by atomic mass is 32.1. The van der Waals surface area contributed by atoms with Crippen LogP contribution in [0.15, 0.2) is 22.1 Å². The first-order chi connectivity index (χ1) is 8.35. The van der Waals surface area contributed by atoms with Crippen LogP contribution in [0.4, 0.5) is 0 Å². The van der Waals surface area contributed by atoms with E-state index in [1.165, 1.54) is 12.3 Å². The van der Waals surface area contributed by atoms with Gasteiger partial charge in [-0.2, -0.15) is 0 Å². The molecule has 18 heavy (non-hydrogen) atoms. The van der Waals surface area contributed by atoms with Gasteiger partial charge in [0.2, 0.25) is 0 Å². The minimum Gasteiger partial charge on any atom is -0.478 e. The lowest BCUT2D eigenvalue weighted by molar-refractivity contribution is 0.0696. The average molecular weight is 265 g/mol. The highest BCUT2D eigenvalue weighted by molar-refractivity contribution is 7.09. The Morgan fingerprint density at radius 1 is 1.50 bits per heavy atom. The standard InChI is InChI=1S/C13H15NO3S/c1-13(2,3)5-11-14-9(7-18-11)10-4-8(6-17-10)12(15)16/h4,6-7H,5H2,1-3H3,(H,15,16). The normalized spacial score (nSPS) is 11.7. The van der Waals surface area contributed by atoms with Crippen molar-refractivity contribution in [1.82, 2.24) is 4.98 Å². The van der Waals surface area contributed by atoms with Crippen LogP contribution in [0.1, 0.15) is 36.1 Å². The molecule has 0 radical (unpaired) electrons. The fraction of sp³-hybridized carbons (Fsp3) is 0.385. The minimum atomic E-state index is -0.991. The first-order valence-electron chi connectivity index (χ1n) is 5.62. The van der Waals surface area contributed by atoms with E-state index in [1.54, 1.807) is 11.3 Å². The molecule has 0 saturated heterocycles. The molecule has 0 saturated carbocycles. The van der Waals surface area contributed by atoms with Crippen LogP contribution in [0.3, 0.4) is 0 Å². The van der Waals surface area contributed by atoms with Gasteiger partial charge in [-0.25, -0.2) is 9.78 Å². The van der Waals surface area contributed by atoms with E-state index in [-0.39, 0.29) is 11.0 Å². The monoisotopic (exact) mass is 265 g/mol. The van der Waals surface area contributed by atoms with E-state index in [1.807, 2.05) is 5.38 Å². The van der Waals surface area contributed by atoms with Gasteiger partial charge in [0.25, 0.3) is 0 Å². The van der Waals surface area contributed by atoms with E-state index < -0.39 is 5.97 Å². The smallest absolute Gasteiger partial charge is 0.338 e. The SMILES string of the molecule is CC(C)(C)Cc1nc(-c2cc(C(=O)O)co2)cs1. The van der Waals surface area contributed by atoms with Gasteiger partial charge in [0.05, 0.1) is 10.6 Å². The third-order valence-corrected chi connectivity index (χ3v) is 3.18. The number of nitrogens with zero attached hydrogens (tertiary/aromatic N) is 1. The molecule has 0 bridgehead atoms. The molecule has 0 atom stereocenters. The Morgan fingerprint density at radius 2 is 2.22 bits per heavy atom. The number of rotatable bonds is 3. The lowest BCUT2D eigenvalue weighted by Gasteiger charge is -2.15. The summed E-state index contributed by atoms with van der Waals surface area (Å²) in [5, 5.41) is 11.8. The Kier molecular flexibility index (Phi) is 3.26. The molecule has 0 aliphatic rings. The Labute approximate surface area is 109 Å². The van der Waals surface area contributed by atoms with Crippen LogP contribution >= 0.6 is 11.3 Å². The Bertz CT molecular complexity index is 563. The summed E-state index contributed by atoms with van der Waals surface area (Å²) in [5.74, 6) is -0.487. The van der Waals surface area contributed by atoms with E-state index in [2.05, 4.69) is 25.8 Å². The second-order valence-corrected chi connectivity index (χ2v) is 6.31. The number of aromatic nitrogens is 1. The third-order valence-electron chi connectivity index (χ3n) is 2.33. The van der Waals surface area contributed by atoms with Crippen LogP contribution < -0.4 is 0 Å². The molecule has 0 fully saturated rings. The largest absolute Gasteiger partial charge is 0.478 e. The number of thiazole rings is 1. The van der Waals surface area contributed by atoms with E-state index >= 15 is 0 Å². The Hall–Kier alpha value is -1.62. The molecule has 0 aromatic carbocycles. The van der Waals surface area contributed by atoms with Gasteiger partial charge in [-0.3, -0.25) is 0 Å². The van der Waals surface area contributed by atoms with Gasteiger partial charge in [-0.15, -0.1) is 11.3 Å². The molecule has 2 heterocycles. The predicted octanol–water partition coefficient (Wildman–Crippen LogP) is 3.69. The molecule has 0 aliphatic carbocycles. The highest BCUT2D eigenvalue weighted by Gasteiger charge is 2.16. The van der Waals surface area contributed by atoms with Crippen molar-refractivity contribution in [3.05, 3.63) is 28.3 Å². The number of furan rings is 1. The molecule has 96 valence electrons. The summed E-state index contributed by atoms with van der Waals surface area (Å²) in [6.07, 6.45) is 2.13. The maximum atomic E-state index is 10.8. The zero-order valence-electron chi connectivity index (χ0n) is 10.6. The number of carbonyl (C=O) groups is 1. The van der Waals surface area contributed by atoms with E-state index in [4.69, 9.17) is 9.52 Å². The number of carboxylic acid groups (broad SMARTS) is 1. The van der Waals surface area contributed by atoms with Crippen LogP contribution in [0.25, 0.3) is 11.5 Å². The summed E-state index contributed by atoms with van der Waals surface area (Å²) >= 11 is 1.57. The number of carboxylic acids is 1. The number of hydrogen-bond acceptors (Lipinski definition) is 4. The quantitative estimate of drug-likeness (QED) is 0.919. The maximum absolute atomic E-state index is 10.8. The zero-order valence-corrected chi connectivity index (χ0v) is 11.4. The molecule has 0 spiro atoms. The van der Waals surface area contributed by atoms with Crippen molar-refractivity contribution < 1.29 is 14.3 Å². The van der Waals surface area contributed by atoms with Gasteiger partial charge < -0.3 is 9.52 Å². The molecule has 2 rings (SSSR count). The lowest BCUT2D eigenvalue weighted by atomic mass is 9.93. The van der Waals surface area contributed by atoms with Crippen LogP contribution in [0.2, 0.25) is 0 Å². The van der Waals surface area contributed by atoms with Crippen molar-refractivity contribution >= 4 is 17.3 Å². The van der Waals surface area contributed by atoms with Crippen LogP contribution in [0, 0.1) is 5.41 Å². The first-order valence-corrected chi connectivity index (χ1v) is 6.50. The van der Waals surface area contributed by atoms with E-state index in [9.17, 15) is 4.79 Å². The van der Waals surface area contributed by atoms with E-state index in [0.29, 0.717) is 11.5 Å². The molecule has 0 aliphatic heterocycles. The van der Waals surface area contributed by atoms with Gasteiger partial charge in [0.1, 0.15) is 12.0 Å². The maximum Gasteiger partial charge on any atom is 0.338 e. The van der Waals surface area contributed by atoms with Crippen LogP contribution in [0.5, 0.6) is 0 Å². The summed E-state index contributed by atoms with van der Waals surface area (Å²) in [5.41, 5.74) is 1.03. The second kappa shape index (κ2) is 4.57. The average Bonchev–Trinajstić information content (AvgIpc) is 2.81. The molecular formula is C13H15NO3S. The molecule has 2 aromatic rings. The van der Waals surface area contributed by atoms with Crippen LogP contribution in [-0.4, -0.2) is 16.1 Å². The molecule has 5 heteroatoms. The van der Waals surface area contributed by atoms with Crippen molar-refractivity contribution in [2.45, 2.75) is 27.2 Å². The van der Waals surface area contributed by atoms with Crippen molar-refractivity contribution in [2.75, 3.05) is 0 Å². The minimum absolute atomic E-state index is 0.148. The zero-order chi connectivity index (χ0) is 13.3. The second-order valence-electron chi connectivity index (χ2n) is 5.37. The van der Waals surface area contributed by atoms with Crippen LogP contribution in [-0.2, 0) is 6.42 Å². The molecule has 2 aromatic heterocycles. The van der Waals surface area contributed by atoms with Crippen molar-refractivity contribution in [1.29, 1.82) is 0 Å². The number of aromatic carboxylic acids is 1. The van der Waals surface area contributed by atoms with E-state index in [0.717, 1.165) is 11.4 Å². The fourth-order valence-corrected chi connectivity index (χ4v) is 2.63. The summed E-state index contributed by atoms with van der Waals surface area (Å²) in [6.45, 7) is 6.47. The molecule has 0 unspecified atom stereocenters. The summed E-state index contributed by atoms with van der Waals surface area (Å²) < 4.78 is 5.22. The molecular weight excluding hydrogens is 250 g/mol. The van der Waals surface area contributed by atoms with Gasteiger partial charge in [0, 0.05) is 17.9 Å². The Morgan fingerprint density at radius 3 is 2.78 bits per heavy atom. The predicted molar refractivity (Wildman–Crippen MR) is 69.9 cm³/mol. The number of hydrogen-bond donors (Lipinski definition) is 1. The topological polar surface area (TPSA) is 63.3 Å². The van der Waals surface area contributed by atoms with Gasteiger partial charge >= 0.3 is 5.97 Å². The van der Waals surface area contributed by atoms with Crippen molar-refractivity contribution in [2.24, 2.45) is 5.41 Å². The molecule has 0 amide bonds. The highest BCUT2D eigenvalue weighted by Crippen LogP contribution is 2.28. The Balaban J connectivity index is 2.21. The fourth-order valence-electron chi connectivity index (χ4n) is 1.54. The van der Waals surface area contributed by atoms with Crippen molar-refractivity contribution in [3.8, 4) is 11.5 Å². The molecule has 1 N–H and O–H groups in total. The first kappa shape index (κ1) is 12.8. The van der Waals surface area contributed by atoms with Gasteiger partial charge in [-0.1, -0.05) is 20.8 Å².